The molecular weight excluding hydrogens is 532 g/mol. The van der Waals surface area contributed by atoms with Crippen LogP contribution in [0.4, 0.5) is 11.4 Å². The summed E-state index contributed by atoms with van der Waals surface area (Å²) in [6, 6.07) is 6.79. The first-order valence-electron chi connectivity index (χ1n) is 11.4. The molecule has 1 aromatic heterocycles. The molecule has 0 unspecified atom stereocenters. The number of aromatic nitrogens is 1. The molecule has 3 rings (SSSR count). The minimum absolute atomic E-state index is 0.120. The van der Waals surface area contributed by atoms with Crippen LogP contribution < -0.4 is 26.6 Å². The summed E-state index contributed by atoms with van der Waals surface area (Å²) in [4.78, 5) is 16.2. The van der Waals surface area contributed by atoms with Crippen LogP contribution in [-0.2, 0) is 0 Å². The van der Waals surface area contributed by atoms with Gasteiger partial charge in [-0.25, -0.2) is 5.84 Å². The summed E-state index contributed by atoms with van der Waals surface area (Å²) >= 11 is 9.37. The number of nitrogens with one attached hydrogen (secondary N) is 2. The van der Waals surface area contributed by atoms with Crippen LogP contribution in [0.5, 0.6) is 5.75 Å². The monoisotopic (exact) mass is 564 g/mol. The van der Waals surface area contributed by atoms with Gasteiger partial charge >= 0.3 is 0 Å². The van der Waals surface area contributed by atoms with E-state index in [0.717, 1.165) is 6.21 Å². The number of hydrazine groups is 1. The molecule has 8 nitrogen and oxygen atoms in total. The van der Waals surface area contributed by atoms with Gasteiger partial charge in [0, 0.05) is 37.3 Å². The molecule has 6 N–H and O–H groups in total. The number of carbonyl (C=O) groups is 1. The molecule has 2 aromatic rings. The lowest BCUT2D eigenvalue weighted by molar-refractivity contribution is 0.0957. The van der Waals surface area contributed by atoms with Crippen LogP contribution in [0.2, 0.25) is 0 Å². The Balaban J connectivity index is 0.00000111. The van der Waals surface area contributed by atoms with E-state index in [1.165, 1.54) is 42.8 Å². The molecule has 1 fully saturated rings. The van der Waals surface area contributed by atoms with E-state index in [1.807, 2.05) is 20.8 Å². The fourth-order valence-corrected chi connectivity index (χ4v) is 2.91. The molecule has 0 saturated heterocycles. The Bertz CT molecular complexity index is 1010. The van der Waals surface area contributed by atoms with Gasteiger partial charge in [0.05, 0.1) is 32.7 Å². The zero-order valence-corrected chi connectivity index (χ0v) is 22.7. The third-order valence-electron chi connectivity index (χ3n) is 4.30. The predicted molar refractivity (Wildman–Crippen MR) is 149 cm³/mol. The van der Waals surface area contributed by atoms with Crippen molar-refractivity contribution < 1.29 is 9.53 Å². The van der Waals surface area contributed by atoms with Crippen LogP contribution in [0, 0.1) is 5.41 Å². The zero-order valence-electron chi connectivity index (χ0n) is 20.4. The maximum Gasteiger partial charge on any atom is 0.253 e. The summed E-state index contributed by atoms with van der Waals surface area (Å²) in [5.74, 6) is 6.07. The van der Waals surface area contributed by atoms with Crippen molar-refractivity contribution in [2.45, 2.75) is 40.0 Å². The molecule has 1 heterocycles. The lowest BCUT2D eigenvalue weighted by atomic mass is 10.2. The van der Waals surface area contributed by atoms with Gasteiger partial charge in [-0.05, 0) is 53.2 Å². The normalized spacial score (nSPS) is 12.3. The van der Waals surface area contributed by atoms with E-state index in [1.54, 1.807) is 30.5 Å². The number of ether oxygens (including phenoxy) is 1. The maximum atomic E-state index is 12.2. The number of hydrogen-bond donors (Lipinski definition) is 4. The van der Waals surface area contributed by atoms with Gasteiger partial charge in [0.2, 0.25) is 0 Å². The molecule has 35 heavy (non-hydrogen) atoms. The number of nitrogens with two attached hydrogens (primary N) is 2. The summed E-state index contributed by atoms with van der Waals surface area (Å²) in [5, 5.41) is 11.7. The second-order valence-corrected chi connectivity index (χ2v) is 8.30. The first kappa shape index (κ1) is 30.2. The molecule has 10 heteroatoms. The zero-order chi connectivity index (χ0) is 26.2. The second kappa shape index (κ2) is 16.7. The standard InChI is InChI=1S/C20H22BrClN6O2.C3H6.C2H6/c1-2-28(25)16-5-6-17(18(21)19(16)24)30-12-13(8-15(22)9-23)10-27-20(29)14-4-3-7-26-11-14;1-2-3-1;1-2/h3-9,11-12,23H,2,10,24-25H2,1H3,(H,27,29);1-3H2;1-2H3/b13-12-,15-8+,23-9?;;. The molecule has 1 aromatic carbocycles. The van der Waals surface area contributed by atoms with Gasteiger partial charge in [0.1, 0.15) is 5.75 Å². The second-order valence-electron chi connectivity index (χ2n) is 7.07. The minimum Gasteiger partial charge on any atom is -0.463 e. The van der Waals surface area contributed by atoms with E-state index in [-0.39, 0.29) is 17.5 Å². The molecule has 190 valence electrons. The number of anilines is 2. The molecule has 1 aliphatic rings. The number of pyridine rings is 1. The van der Waals surface area contributed by atoms with Crippen LogP contribution in [0.15, 0.2) is 64.1 Å². The van der Waals surface area contributed by atoms with Crippen LogP contribution >= 0.6 is 27.5 Å². The molecular formula is C25H34BrClN6O2. The van der Waals surface area contributed by atoms with E-state index in [9.17, 15) is 4.79 Å². The van der Waals surface area contributed by atoms with Crippen molar-refractivity contribution in [3.8, 4) is 5.75 Å². The van der Waals surface area contributed by atoms with Crippen LogP contribution in [0.25, 0.3) is 0 Å². The summed E-state index contributed by atoms with van der Waals surface area (Å²) in [6.07, 6.45) is 11.5. The molecule has 0 bridgehead atoms. The van der Waals surface area contributed by atoms with Crippen molar-refractivity contribution in [2.24, 2.45) is 5.84 Å². The molecule has 0 aliphatic heterocycles. The molecule has 0 spiro atoms. The fourth-order valence-electron chi connectivity index (χ4n) is 2.34. The van der Waals surface area contributed by atoms with Gasteiger partial charge in [0.15, 0.2) is 0 Å². The first-order chi connectivity index (χ1) is 16.9. The van der Waals surface area contributed by atoms with Crippen LogP contribution in [-0.4, -0.2) is 30.2 Å². The highest BCUT2D eigenvalue weighted by Gasteiger charge is 2.13. The third kappa shape index (κ3) is 10.9. The fraction of sp³-hybridized carbons (Fsp3) is 0.320. The molecule has 1 saturated carbocycles. The van der Waals surface area contributed by atoms with Crippen molar-refractivity contribution in [3.05, 3.63) is 69.6 Å². The van der Waals surface area contributed by atoms with E-state index >= 15 is 0 Å². The average Bonchev–Trinajstić information content (AvgIpc) is 3.78. The highest BCUT2D eigenvalue weighted by atomic mass is 79.9. The van der Waals surface area contributed by atoms with Crippen LogP contribution in [0.1, 0.15) is 50.4 Å². The highest BCUT2D eigenvalue weighted by Crippen LogP contribution is 2.37. The summed E-state index contributed by atoms with van der Waals surface area (Å²) in [5.41, 5.74) is 8.19. The van der Waals surface area contributed by atoms with Crippen molar-refractivity contribution >= 4 is 51.0 Å². The Hall–Kier alpha value is -2.88. The Morgan fingerprint density at radius 1 is 1.31 bits per heavy atom. The molecule has 0 radical (unpaired) electrons. The Labute approximate surface area is 221 Å². The van der Waals surface area contributed by atoms with Gasteiger partial charge in [-0.2, -0.15) is 0 Å². The smallest absolute Gasteiger partial charge is 0.253 e. The van der Waals surface area contributed by atoms with Gasteiger partial charge in [-0.3, -0.25) is 9.78 Å². The van der Waals surface area contributed by atoms with E-state index in [2.05, 4.69) is 26.2 Å². The van der Waals surface area contributed by atoms with Crippen molar-refractivity contribution in [3.63, 3.8) is 0 Å². The number of rotatable bonds is 9. The number of amides is 1. The topological polar surface area (TPSA) is 130 Å². The van der Waals surface area contributed by atoms with Gasteiger partial charge in [-0.1, -0.05) is 44.7 Å². The quantitative estimate of drug-likeness (QED) is 0.0760. The number of nitrogens with zero attached hydrogens (tertiary/aromatic N) is 2. The predicted octanol–water partition coefficient (Wildman–Crippen LogP) is 5.79. The van der Waals surface area contributed by atoms with E-state index in [0.29, 0.717) is 39.3 Å². The van der Waals surface area contributed by atoms with Gasteiger partial charge in [-0.15, -0.1) is 0 Å². The number of hydrogen-bond acceptors (Lipinski definition) is 7. The van der Waals surface area contributed by atoms with E-state index in [4.69, 9.17) is 33.3 Å². The van der Waals surface area contributed by atoms with Gasteiger partial charge < -0.3 is 26.2 Å². The molecule has 1 aliphatic carbocycles. The third-order valence-corrected chi connectivity index (χ3v) is 5.34. The summed E-state index contributed by atoms with van der Waals surface area (Å²) < 4.78 is 6.28. The van der Waals surface area contributed by atoms with Crippen LogP contribution in [0.3, 0.4) is 0 Å². The lowest BCUT2D eigenvalue weighted by Gasteiger charge is -2.20. The van der Waals surface area contributed by atoms with Gasteiger partial charge in [0.25, 0.3) is 5.91 Å². The summed E-state index contributed by atoms with van der Waals surface area (Å²) in [6.45, 7) is 6.62. The number of carbonyl (C=O) groups excluding carboxylic acids is 1. The van der Waals surface area contributed by atoms with E-state index < -0.39 is 0 Å². The lowest BCUT2D eigenvalue weighted by Crippen LogP contribution is -2.31. The maximum absolute atomic E-state index is 12.2. The first-order valence-corrected chi connectivity index (χ1v) is 12.6. The molecule has 0 atom stereocenters. The Morgan fingerprint density at radius 2 is 2.00 bits per heavy atom. The average molecular weight is 566 g/mol. The number of nitrogen functional groups attached to an aromatic ring is 1. The van der Waals surface area contributed by atoms with Crippen molar-refractivity contribution in [1.82, 2.24) is 10.3 Å². The Kier molecular flexibility index (Phi) is 14.4. The number of halogens is 2. The SMILES string of the molecule is C1CC1.CC.CCN(N)c1ccc(O/C=C(/C=C(/Cl)C=N)CNC(=O)c2cccnc2)c(Br)c1N. The number of benzene rings is 1. The summed E-state index contributed by atoms with van der Waals surface area (Å²) in [7, 11) is 0. The largest absolute Gasteiger partial charge is 0.463 e. The van der Waals surface area contributed by atoms with Crippen molar-refractivity contribution in [1.29, 1.82) is 5.41 Å². The highest BCUT2D eigenvalue weighted by molar-refractivity contribution is 9.10. The number of allylic oxidation sites excluding steroid dienone is 1. The molecule has 1 amide bonds. The Morgan fingerprint density at radius 3 is 2.54 bits per heavy atom. The van der Waals surface area contributed by atoms with Crippen molar-refractivity contribution in [2.75, 3.05) is 23.8 Å². The minimum atomic E-state index is -0.300.